The maximum atomic E-state index is 12.1. The van der Waals surface area contributed by atoms with E-state index < -0.39 is 23.8 Å². The number of carboxylic acid groups (broad SMARTS) is 1. The second kappa shape index (κ2) is 8.57. The summed E-state index contributed by atoms with van der Waals surface area (Å²) >= 11 is 11.8. The Morgan fingerprint density at radius 3 is 2.32 bits per heavy atom. The van der Waals surface area contributed by atoms with E-state index in [1.807, 2.05) is 0 Å². The molecule has 0 radical (unpaired) electrons. The molecule has 1 aromatic carbocycles. The summed E-state index contributed by atoms with van der Waals surface area (Å²) in [6.45, 7) is -0.132. The minimum atomic E-state index is -1.32. The third-order valence-corrected chi connectivity index (χ3v) is 3.30. The van der Waals surface area contributed by atoms with Gasteiger partial charge < -0.3 is 21.5 Å². The molecule has 0 aliphatic heterocycles. The fourth-order valence-electron chi connectivity index (χ4n) is 1.58. The largest absolute Gasteiger partial charge is 0.480 e. The van der Waals surface area contributed by atoms with Crippen LogP contribution in [0.1, 0.15) is 16.8 Å². The van der Waals surface area contributed by atoms with Gasteiger partial charge in [-0.3, -0.25) is 9.59 Å². The van der Waals surface area contributed by atoms with Crippen molar-refractivity contribution in [1.29, 1.82) is 0 Å². The summed E-state index contributed by atoms with van der Waals surface area (Å²) in [7, 11) is 0. The molecule has 0 unspecified atom stereocenters. The van der Waals surface area contributed by atoms with Crippen molar-refractivity contribution in [3.05, 3.63) is 33.8 Å². The van der Waals surface area contributed by atoms with Gasteiger partial charge in [-0.25, -0.2) is 4.79 Å². The van der Waals surface area contributed by atoms with Gasteiger partial charge in [0.05, 0.1) is 15.6 Å². The van der Waals surface area contributed by atoms with Gasteiger partial charge >= 0.3 is 5.97 Å². The molecule has 0 fully saturated rings. The smallest absolute Gasteiger partial charge is 0.328 e. The summed E-state index contributed by atoms with van der Waals surface area (Å²) in [5, 5.41) is 13.9. The highest BCUT2D eigenvalue weighted by molar-refractivity contribution is 6.39. The summed E-state index contributed by atoms with van der Waals surface area (Å²) in [6.07, 6.45) is 0.0661. The van der Waals surface area contributed by atoms with E-state index in [1.165, 1.54) is 12.1 Å². The molecule has 1 aromatic rings. The van der Waals surface area contributed by atoms with Crippen LogP contribution in [0.3, 0.4) is 0 Å². The van der Waals surface area contributed by atoms with Gasteiger partial charge in [0.25, 0.3) is 5.91 Å². The molecule has 9 heteroatoms. The lowest BCUT2D eigenvalue weighted by molar-refractivity contribution is -0.139. The molecule has 0 aliphatic rings. The molecule has 0 aliphatic carbocycles. The average molecular weight is 348 g/mol. The molecule has 0 saturated carbocycles. The average Bonchev–Trinajstić information content (AvgIpc) is 2.43. The zero-order valence-electron chi connectivity index (χ0n) is 11.4. The SMILES string of the molecule is NCCC(=O)NC[C@H](NC(=O)c1c(Cl)cccc1Cl)C(=O)O. The van der Waals surface area contributed by atoms with Gasteiger partial charge in [-0.1, -0.05) is 29.3 Å². The zero-order chi connectivity index (χ0) is 16.7. The molecule has 0 heterocycles. The molecular weight excluding hydrogens is 333 g/mol. The Morgan fingerprint density at radius 1 is 1.23 bits per heavy atom. The van der Waals surface area contributed by atoms with Crippen LogP contribution in [0.4, 0.5) is 0 Å². The van der Waals surface area contributed by atoms with Crippen LogP contribution in [-0.2, 0) is 9.59 Å². The molecular formula is C13H15Cl2N3O4. The highest BCUT2D eigenvalue weighted by atomic mass is 35.5. The van der Waals surface area contributed by atoms with E-state index in [4.69, 9.17) is 34.0 Å². The first kappa shape index (κ1) is 18.2. The monoisotopic (exact) mass is 347 g/mol. The van der Waals surface area contributed by atoms with Crippen LogP contribution in [0.5, 0.6) is 0 Å². The Balaban J connectivity index is 2.77. The third-order valence-electron chi connectivity index (χ3n) is 2.67. The number of halogens is 2. The number of carboxylic acids is 1. The number of hydrogen-bond acceptors (Lipinski definition) is 4. The van der Waals surface area contributed by atoms with Crippen molar-refractivity contribution in [3.8, 4) is 0 Å². The Hall–Kier alpha value is -1.83. The molecule has 0 spiro atoms. The Morgan fingerprint density at radius 2 is 1.82 bits per heavy atom. The molecule has 5 N–H and O–H groups in total. The van der Waals surface area contributed by atoms with Crippen LogP contribution in [0, 0.1) is 0 Å². The second-order valence-corrected chi connectivity index (χ2v) is 5.12. The highest BCUT2D eigenvalue weighted by Gasteiger charge is 2.23. The molecule has 1 atom stereocenters. The fraction of sp³-hybridized carbons (Fsp3) is 0.308. The third kappa shape index (κ3) is 5.18. The van der Waals surface area contributed by atoms with Crippen molar-refractivity contribution in [1.82, 2.24) is 10.6 Å². The number of carbonyl (C=O) groups is 3. The Kier molecular flexibility index (Phi) is 7.10. The number of carbonyl (C=O) groups excluding carboxylic acids is 2. The number of rotatable bonds is 7. The summed E-state index contributed by atoms with van der Waals surface area (Å²) in [5.74, 6) is -2.44. The van der Waals surface area contributed by atoms with Crippen LogP contribution in [0.15, 0.2) is 18.2 Å². The van der Waals surface area contributed by atoms with Gasteiger partial charge in [-0.15, -0.1) is 0 Å². The summed E-state index contributed by atoms with van der Waals surface area (Å²) in [4.78, 5) is 34.5. The molecule has 0 saturated heterocycles. The summed E-state index contributed by atoms with van der Waals surface area (Å²) < 4.78 is 0. The molecule has 22 heavy (non-hydrogen) atoms. The normalized spacial score (nSPS) is 11.6. The van der Waals surface area contributed by atoms with E-state index in [9.17, 15) is 14.4 Å². The molecule has 1 rings (SSSR count). The van der Waals surface area contributed by atoms with Crippen LogP contribution < -0.4 is 16.4 Å². The highest BCUT2D eigenvalue weighted by Crippen LogP contribution is 2.24. The van der Waals surface area contributed by atoms with E-state index in [-0.39, 0.29) is 35.1 Å². The van der Waals surface area contributed by atoms with Gasteiger partial charge in [0, 0.05) is 19.5 Å². The van der Waals surface area contributed by atoms with Gasteiger partial charge in [-0.2, -0.15) is 0 Å². The van der Waals surface area contributed by atoms with E-state index in [1.54, 1.807) is 6.07 Å². The van der Waals surface area contributed by atoms with Crippen molar-refractivity contribution >= 4 is 41.0 Å². The van der Waals surface area contributed by atoms with Crippen LogP contribution in [-0.4, -0.2) is 42.0 Å². The number of hydrogen-bond donors (Lipinski definition) is 4. The first-order chi connectivity index (χ1) is 10.4. The van der Waals surface area contributed by atoms with Gasteiger partial charge in [-0.05, 0) is 12.1 Å². The predicted octanol–water partition coefficient (Wildman–Crippen LogP) is 0.641. The van der Waals surface area contributed by atoms with Crippen molar-refractivity contribution in [2.75, 3.05) is 13.1 Å². The van der Waals surface area contributed by atoms with Crippen molar-refractivity contribution in [2.24, 2.45) is 5.73 Å². The van der Waals surface area contributed by atoms with Gasteiger partial charge in [0.2, 0.25) is 5.91 Å². The zero-order valence-corrected chi connectivity index (χ0v) is 12.9. The molecule has 0 bridgehead atoms. The van der Waals surface area contributed by atoms with Crippen molar-refractivity contribution in [2.45, 2.75) is 12.5 Å². The lowest BCUT2D eigenvalue weighted by Crippen LogP contribution is -2.48. The number of benzene rings is 1. The van der Waals surface area contributed by atoms with Crippen molar-refractivity contribution < 1.29 is 19.5 Å². The first-order valence-electron chi connectivity index (χ1n) is 6.31. The number of aliphatic carboxylic acids is 1. The predicted molar refractivity (Wildman–Crippen MR) is 82.0 cm³/mol. The minimum Gasteiger partial charge on any atom is -0.480 e. The van der Waals surface area contributed by atoms with Crippen LogP contribution in [0.25, 0.3) is 0 Å². The standard InChI is InChI=1S/C13H15Cl2N3O4/c14-7-2-1-3-8(15)11(7)12(20)18-9(13(21)22)6-17-10(19)4-5-16/h1-3,9H,4-6,16H2,(H,17,19)(H,18,20)(H,21,22)/t9-/m0/s1. The van der Waals surface area contributed by atoms with E-state index >= 15 is 0 Å². The molecule has 7 nitrogen and oxygen atoms in total. The number of amides is 2. The lowest BCUT2D eigenvalue weighted by atomic mass is 10.2. The first-order valence-corrected chi connectivity index (χ1v) is 7.06. The maximum absolute atomic E-state index is 12.1. The minimum absolute atomic E-state index is 0.0228. The summed E-state index contributed by atoms with van der Waals surface area (Å²) in [5.41, 5.74) is 5.19. The number of nitrogens with two attached hydrogens (primary N) is 1. The van der Waals surface area contributed by atoms with E-state index in [0.717, 1.165) is 0 Å². The Bertz CT molecular complexity index is 560. The van der Waals surface area contributed by atoms with Crippen LogP contribution >= 0.6 is 23.2 Å². The number of nitrogens with one attached hydrogen (secondary N) is 2. The van der Waals surface area contributed by atoms with Crippen LogP contribution in [0.2, 0.25) is 10.0 Å². The Labute approximate surface area is 136 Å². The lowest BCUT2D eigenvalue weighted by Gasteiger charge is -2.16. The molecule has 0 aromatic heterocycles. The van der Waals surface area contributed by atoms with Crippen molar-refractivity contribution in [3.63, 3.8) is 0 Å². The van der Waals surface area contributed by atoms with E-state index in [0.29, 0.717) is 0 Å². The summed E-state index contributed by atoms with van der Waals surface area (Å²) in [6, 6.07) is 3.16. The topological polar surface area (TPSA) is 122 Å². The fourth-order valence-corrected chi connectivity index (χ4v) is 2.15. The van der Waals surface area contributed by atoms with Gasteiger partial charge in [0.1, 0.15) is 6.04 Å². The van der Waals surface area contributed by atoms with E-state index in [2.05, 4.69) is 10.6 Å². The van der Waals surface area contributed by atoms with Gasteiger partial charge in [0.15, 0.2) is 0 Å². The maximum Gasteiger partial charge on any atom is 0.328 e. The molecule has 2 amide bonds. The molecule has 120 valence electrons. The second-order valence-electron chi connectivity index (χ2n) is 4.30. The quantitative estimate of drug-likeness (QED) is 0.576.